The van der Waals surface area contributed by atoms with E-state index in [1.807, 2.05) is 0 Å². The second-order valence-corrected chi connectivity index (χ2v) is 3.93. The summed E-state index contributed by atoms with van der Waals surface area (Å²) in [5.74, 6) is -3.89. The van der Waals surface area contributed by atoms with Gasteiger partial charge >= 0.3 is 0 Å². The van der Waals surface area contributed by atoms with Crippen molar-refractivity contribution in [1.82, 2.24) is 5.32 Å². The minimum atomic E-state index is -1.47. The predicted molar refractivity (Wildman–Crippen MR) is 51.2 cm³/mol. The van der Waals surface area contributed by atoms with Crippen LogP contribution in [-0.2, 0) is 0 Å². The van der Waals surface area contributed by atoms with E-state index >= 15 is 0 Å². The van der Waals surface area contributed by atoms with Crippen molar-refractivity contribution in [2.24, 2.45) is 0 Å². The summed E-state index contributed by atoms with van der Waals surface area (Å²) in [7, 11) is 0. The van der Waals surface area contributed by atoms with Crippen molar-refractivity contribution < 1.29 is 17.6 Å². The van der Waals surface area contributed by atoms with Gasteiger partial charge in [-0.15, -0.1) is 0 Å². The average Bonchev–Trinajstić information content (AvgIpc) is 2.26. The fourth-order valence-corrected chi connectivity index (χ4v) is 1.88. The maximum absolute atomic E-state index is 13.0. The smallest absolute Gasteiger partial charge is 0.194 e. The van der Waals surface area contributed by atoms with E-state index in [0.717, 1.165) is 12.1 Å². The third-order valence-electron chi connectivity index (χ3n) is 2.76. The molecule has 0 saturated carbocycles. The first-order chi connectivity index (χ1) is 7.58. The highest BCUT2D eigenvalue weighted by atomic mass is 19.2. The number of piperidine rings is 1. The van der Waals surface area contributed by atoms with E-state index in [1.54, 1.807) is 0 Å². The van der Waals surface area contributed by atoms with Crippen LogP contribution >= 0.6 is 0 Å². The van der Waals surface area contributed by atoms with Gasteiger partial charge in [-0.1, -0.05) is 0 Å². The summed E-state index contributed by atoms with van der Waals surface area (Å²) in [6.07, 6.45) is -0.129. The molecule has 1 aromatic rings. The van der Waals surface area contributed by atoms with Gasteiger partial charge in [0.05, 0.1) is 0 Å². The minimum Gasteiger partial charge on any atom is -0.307 e. The second-order valence-electron chi connectivity index (χ2n) is 3.93. The van der Waals surface area contributed by atoms with Crippen molar-refractivity contribution >= 4 is 0 Å². The van der Waals surface area contributed by atoms with Crippen molar-refractivity contribution in [3.8, 4) is 0 Å². The quantitative estimate of drug-likeness (QED) is 0.581. The first-order valence-corrected chi connectivity index (χ1v) is 5.10. The molecule has 5 heteroatoms. The monoisotopic (exact) mass is 233 g/mol. The van der Waals surface area contributed by atoms with E-state index in [0.29, 0.717) is 18.4 Å². The molecule has 2 rings (SSSR count). The zero-order chi connectivity index (χ0) is 11.7. The predicted octanol–water partition coefficient (Wildman–Crippen LogP) is 2.87. The molecule has 2 atom stereocenters. The molecule has 1 fully saturated rings. The fraction of sp³-hybridized carbons (Fsp3) is 0.455. The summed E-state index contributed by atoms with van der Waals surface area (Å²) in [5.41, 5.74) is 0.323. The van der Waals surface area contributed by atoms with Crippen molar-refractivity contribution in [1.29, 1.82) is 0 Å². The van der Waals surface area contributed by atoms with Crippen molar-refractivity contribution in [3.05, 3.63) is 35.1 Å². The molecule has 0 aliphatic carbocycles. The molecule has 88 valence electrons. The average molecular weight is 233 g/mol. The zero-order valence-corrected chi connectivity index (χ0v) is 8.44. The number of halogens is 4. The van der Waals surface area contributed by atoms with E-state index in [4.69, 9.17) is 0 Å². The van der Waals surface area contributed by atoms with Crippen LogP contribution in [0.4, 0.5) is 17.6 Å². The molecule has 0 amide bonds. The van der Waals surface area contributed by atoms with Crippen LogP contribution in [0.15, 0.2) is 12.1 Å². The molecule has 0 unspecified atom stereocenters. The Bertz CT molecular complexity index is 363. The van der Waals surface area contributed by atoms with Gasteiger partial charge < -0.3 is 5.32 Å². The van der Waals surface area contributed by atoms with Gasteiger partial charge in [0.1, 0.15) is 6.17 Å². The molecular formula is C11H11F4N. The van der Waals surface area contributed by atoms with E-state index in [2.05, 4.69) is 5.32 Å². The lowest BCUT2D eigenvalue weighted by Gasteiger charge is -2.26. The van der Waals surface area contributed by atoms with E-state index in [-0.39, 0.29) is 12.6 Å². The molecule has 1 nitrogen and oxygen atoms in total. The van der Waals surface area contributed by atoms with Gasteiger partial charge in [-0.3, -0.25) is 0 Å². The molecule has 16 heavy (non-hydrogen) atoms. The van der Waals surface area contributed by atoms with Crippen molar-refractivity contribution in [2.75, 3.05) is 6.54 Å². The maximum atomic E-state index is 13.0. The Morgan fingerprint density at radius 3 is 2.19 bits per heavy atom. The van der Waals surface area contributed by atoms with E-state index in [1.165, 1.54) is 0 Å². The standard InChI is InChI=1S/C11H11F4N/c12-7-1-2-10(16-5-7)6-3-8(13)11(15)9(14)4-6/h3-4,7,10,16H,1-2,5H2/t7-,10-/m0/s1. The summed E-state index contributed by atoms with van der Waals surface area (Å²) in [4.78, 5) is 0. The molecule has 1 heterocycles. The van der Waals surface area contributed by atoms with Crippen LogP contribution in [0.25, 0.3) is 0 Å². The highest BCUT2D eigenvalue weighted by Gasteiger charge is 2.23. The molecule has 1 aliphatic heterocycles. The third-order valence-corrected chi connectivity index (χ3v) is 2.76. The fourth-order valence-electron chi connectivity index (χ4n) is 1.88. The Hall–Kier alpha value is -1.10. The van der Waals surface area contributed by atoms with Gasteiger partial charge in [0.15, 0.2) is 17.5 Å². The molecule has 0 radical (unpaired) electrons. The largest absolute Gasteiger partial charge is 0.307 e. The summed E-state index contributed by atoms with van der Waals surface area (Å²) in [6.45, 7) is 0.158. The Morgan fingerprint density at radius 2 is 1.69 bits per heavy atom. The normalized spacial score (nSPS) is 25.8. The number of nitrogens with one attached hydrogen (secondary N) is 1. The molecule has 0 aromatic heterocycles. The number of alkyl halides is 1. The third kappa shape index (κ3) is 2.19. The van der Waals surface area contributed by atoms with Gasteiger partial charge in [0.25, 0.3) is 0 Å². The van der Waals surface area contributed by atoms with Gasteiger partial charge in [0, 0.05) is 12.6 Å². The van der Waals surface area contributed by atoms with Crippen LogP contribution in [-0.4, -0.2) is 12.7 Å². The summed E-state index contributed by atoms with van der Waals surface area (Å²) in [6, 6.07) is 1.60. The first-order valence-electron chi connectivity index (χ1n) is 5.10. The molecule has 1 saturated heterocycles. The Balaban J connectivity index is 2.21. The summed E-state index contributed by atoms with van der Waals surface area (Å²) < 4.78 is 51.4. The van der Waals surface area contributed by atoms with Crippen LogP contribution in [0.5, 0.6) is 0 Å². The molecular weight excluding hydrogens is 222 g/mol. The molecule has 1 N–H and O–H groups in total. The van der Waals surface area contributed by atoms with Crippen molar-refractivity contribution in [2.45, 2.75) is 25.1 Å². The Labute approximate surface area is 90.5 Å². The topological polar surface area (TPSA) is 12.0 Å². The lowest BCUT2D eigenvalue weighted by Crippen LogP contribution is -2.34. The number of benzene rings is 1. The minimum absolute atomic E-state index is 0.158. The highest BCUT2D eigenvalue weighted by molar-refractivity contribution is 5.23. The lowest BCUT2D eigenvalue weighted by molar-refractivity contribution is 0.233. The Kier molecular flexibility index (Phi) is 3.14. The summed E-state index contributed by atoms with van der Waals surface area (Å²) >= 11 is 0. The van der Waals surface area contributed by atoms with E-state index < -0.39 is 23.6 Å². The number of rotatable bonds is 1. The summed E-state index contributed by atoms with van der Waals surface area (Å²) in [5, 5.41) is 2.83. The zero-order valence-electron chi connectivity index (χ0n) is 8.44. The Morgan fingerprint density at radius 1 is 1.06 bits per heavy atom. The maximum Gasteiger partial charge on any atom is 0.194 e. The van der Waals surface area contributed by atoms with Crippen molar-refractivity contribution in [3.63, 3.8) is 0 Å². The molecule has 1 aliphatic rings. The van der Waals surface area contributed by atoms with Gasteiger partial charge in [-0.2, -0.15) is 0 Å². The van der Waals surface area contributed by atoms with Gasteiger partial charge in [0.2, 0.25) is 0 Å². The van der Waals surface area contributed by atoms with Crippen LogP contribution in [0.3, 0.4) is 0 Å². The lowest BCUT2D eigenvalue weighted by atomic mass is 9.96. The van der Waals surface area contributed by atoms with Crippen LogP contribution < -0.4 is 5.32 Å². The van der Waals surface area contributed by atoms with Crippen LogP contribution in [0, 0.1) is 17.5 Å². The van der Waals surface area contributed by atoms with E-state index in [9.17, 15) is 17.6 Å². The van der Waals surface area contributed by atoms with Gasteiger partial charge in [-0.05, 0) is 30.5 Å². The van der Waals surface area contributed by atoms with Crippen LogP contribution in [0.1, 0.15) is 24.4 Å². The second kappa shape index (κ2) is 4.41. The van der Waals surface area contributed by atoms with Gasteiger partial charge in [-0.25, -0.2) is 17.6 Å². The molecule has 1 aromatic carbocycles. The molecule has 0 bridgehead atoms. The first kappa shape index (κ1) is 11.4. The SMILES string of the molecule is Fc1cc([C@@H]2CC[C@H](F)CN2)cc(F)c1F. The highest BCUT2D eigenvalue weighted by Crippen LogP contribution is 2.26. The van der Waals surface area contributed by atoms with Crippen LogP contribution in [0.2, 0.25) is 0 Å². The number of hydrogen-bond acceptors (Lipinski definition) is 1. The molecule has 0 spiro atoms. The number of hydrogen-bond donors (Lipinski definition) is 1.